The third-order valence-electron chi connectivity index (χ3n) is 5.73. The van der Waals surface area contributed by atoms with Crippen LogP contribution in [0.5, 0.6) is 5.75 Å². The second kappa shape index (κ2) is 6.39. The predicted molar refractivity (Wildman–Crippen MR) is 87.8 cm³/mol. The maximum absolute atomic E-state index is 9.83. The van der Waals surface area contributed by atoms with E-state index in [1.54, 1.807) is 0 Å². The molecule has 2 N–H and O–H groups in total. The number of phenols is 1. The van der Waals surface area contributed by atoms with Crippen molar-refractivity contribution in [1.29, 1.82) is 0 Å². The number of aromatic hydroxyl groups is 1. The maximum atomic E-state index is 9.83. The number of hydrogen-bond donors (Lipinski definition) is 2. The van der Waals surface area contributed by atoms with Crippen molar-refractivity contribution in [3.05, 3.63) is 29.3 Å². The van der Waals surface area contributed by atoms with Gasteiger partial charge in [0.25, 0.3) is 0 Å². The van der Waals surface area contributed by atoms with E-state index >= 15 is 0 Å². The maximum Gasteiger partial charge on any atom is 0.115 e. The Labute approximate surface area is 129 Å². The van der Waals surface area contributed by atoms with Crippen LogP contribution in [0.4, 0.5) is 0 Å². The minimum atomic E-state index is 0.419. The van der Waals surface area contributed by atoms with Gasteiger partial charge in [0.1, 0.15) is 5.75 Å². The van der Waals surface area contributed by atoms with Crippen molar-refractivity contribution in [2.24, 2.45) is 11.8 Å². The van der Waals surface area contributed by atoms with Crippen LogP contribution >= 0.6 is 0 Å². The number of hydrogen-bond acceptors (Lipinski definition) is 2. The average molecular weight is 287 g/mol. The predicted octanol–water partition coefficient (Wildman–Crippen LogP) is 4.23. The number of benzene rings is 1. The summed E-state index contributed by atoms with van der Waals surface area (Å²) >= 11 is 0. The molecule has 2 heteroatoms. The molecule has 0 radical (unpaired) electrons. The lowest BCUT2D eigenvalue weighted by Crippen LogP contribution is -2.45. The molecule has 0 aromatic heterocycles. The molecule has 3 rings (SSSR count). The van der Waals surface area contributed by atoms with Gasteiger partial charge in [0.2, 0.25) is 0 Å². The fourth-order valence-corrected chi connectivity index (χ4v) is 4.10. The Balaban J connectivity index is 1.76. The Morgan fingerprint density at radius 2 is 2.10 bits per heavy atom. The first kappa shape index (κ1) is 14.9. The molecule has 2 aliphatic carbocycles. The van der Waals surface area contributed by atoms with E-state index in [1.807, 2.05) is 12.1 Å². The van der Waals surface area contributed by atoms with E-state index in [1.165, 1.54) is 49.8 Å². The second-order valence-corrected chi connectivity index (χ2v) is 7.15. The summed E-state index contributed by atoms with van der Waals surface area (Å²) < 4.78 is 0. The quantitative estimate of drug-likeness (QED) is 0.849. The molecule has 1 fully saturated rings. The zero-order valence-electron chi connectivity index (χ0n) is 13.4. The Morgan fingerprint density at radius 1 is 1.29 bits per heavy atom. The first-order valence-corrected chi connectivity index (χ1v) is 8.74. The van der Waals surface area contributed by atoms with E-state index in [0.29, 0.717) is 23.6 Å². The number of fused-ring (bicyclic) bond motifs is 1. The fraction of sp³-hybridized carbons (Fsp3) is 0.684. The summed E-state index contributed by atoms with van der Waals surface area (Å²) in [4.78, 5) is 0. The van der Waals surface area contributed by atoms with Crippen LogP contribution in [-0.2, 0) is 6.42 Å². The van der Waals surface area contributed by atoms with E-state index in [9.17, 15) is 5.11 Å². The van der Waals surface area contributed by atoms with Gasteiger partial charge < -0.3 is 10.4 Å². The summed E-state index contributed by atoms with van der Waals surface area (Å²) in [5.74, 6) is 2.58. The second-order valence-electron chi connectivity index (χ2n) is 7.15. The Bertz CT molecular complexity index is 480. The van der Waals surface area contributed by atoms with E-state index in [-0.39, 0.29) is 0 Å². The minimum absolute atomic E-state index is 0.419. The highest BCUT2D eigenvalue weighted by atomic mass is 16.3. The molecule has 2 nitrogen and oxygen atoms in total. The summed E-state index contributed by atoms with van der Waals surface area (Å²) in [5.41, 5.74) is 2.83. The van der Waals surface area contributed by atoms with E-state index in [0.717, 1.165) is 12.3 Å². The third kappa shape index (κ3) is 3.11. The third-order valence-corrected chi connectivity index (χ3v) is 5.73. The topological polar surface area (TPSA) is 32.3 Å². The summed E-state index contributed by atoms with van der Waals surface area (Å²) in [6.45, 7) is 5.85. The van der Waals surface area contributed by atoms with Crippen LogP contribution in [0, 0.1) is 11.8 Å². The SMILES string of the molecule is CCCC1c2cc(O)ccc2CC(NCC2CCC2)C1C. The summed E-state index contributed by atoms with van der Waals surface area (Å²) in [7, 11) is 0. The van der Waals surface area contributed by atoms with Crippen LogP contribution in [-0.4, -0.2) is 17.7 Å². The molecule has 0 bridgehead atoms. The molecule has 0 heterocycles. The fourth-order valence-electron chi connectivity index (χ4n) is 4.10. The first-order chi connectivity index (χ1) is 10.2. The normalized spacial score (nSPS) is 29.0. The van der Waals surface area contributed by atoms with Gasteiger partial charge in [-0.1, -0.05) is 32.8 Å². The van der Waals surface area contributed by atoms with Crippen LogP contribution < -0.4 is 5.32 Å². The van der Waals surface area contributed by atoms with Gasteiger partial charge in [0.15, 0.2) is 0 Å². The van der Waals surface area contributed by atoms with Gasteiger partial charge in [-0.25, -0.2) is 0 Å². The lowest BCUT2D eigenvalue weighted by Gasteiger charge is -2.40. The van der Waals surface area contributed by atoms with Gasteiger partial charge in [0, 0.05) is 6.04 Å². The Hall–Kier alpha value is -1.02. The summed E-state index contributed by atoms with van der Waals surface area (Å²) in [5, 5.41) is 13.7. The van der Waals surface area contributed by atoms with E-state index in [2.05, 4.69) is 25.2 Å². The van der Waals surface area contributed by atoms with Crippen molar-refractivity contribution in [1.82, 2.24) is 5.32 Å². The molecule has 1 aromatic rings. The van der Waals surface area contributed by atoms with Crippen LogP contribution in [0.3, 0.4) is 0 Å². The largest absolute Gasteiger partial charge is 0.508 e. The molecule has 21 heavy (non-hydrogen) atoms. The van der Waals surface area contributed by atoms with Gasteiger partial charge in [-0.2, -0.15) is 0 Å². The molecule has 3 atom stereocenters. The molecular formula is C19H29NO. The number of nitrogens with one attached hydrogen (secondary N) is 1. The van der Waals surface area contributed by atoms with Crippen molar-refractivity contribution < 1.29 is 5.11 Å². The lowest BCUT2D eigenvalue weighted by molar-refractivity contribution is 0.240. The zero-order chi connectivity index (χ0) is 14.8. The molecule has 0 aliphatic heterocycles. The zero-order valence-corrected chi connectivity index (χ0v) is 13.4. The molecule has 116 valence electrons. The highest BCUT2D eigenvalue weighted by molar-refractivity contribution is 5.40. The van der Waals surface area contributed by atoms with Crippen LogP contribution in [0.1, 0.15) is 63.0 Å². The smallest absolute Gasteiger partial charge is 0.115 e. The minimum Gasteiger partial charge on any atom is -0.508 e. The molecular weight excluding hydrogens is 258 g/mol. The summed E-state index contributed by atoms with van der Waals surface area (Å²) in [6.07, 6.45) is 7.80. The van der Waals surface area contributed by atoms with Gasteiger partial charge >= 0.3 is 0 Å². The monoisotopic (exact) mass is 287 g/mol. The van der Waals surface area contributed by atoms with Crippen molar-refractivity contribution in [2.45, 2.75) is 64.3 Å². The molecule has 0 amide bonds. The first-order valence-electron chi connectivity index (χ1n) is 8.74. The number of phenolic OH excluding ortho intramolecular Hbond substituents is 1. The Kier molecular flexibility index (Phi) is 4.54. The van der Waals surface area contributed by atoms with Crippen molar-refractivity contribution >= 4 is 0 Å². The van der Waals surface area contributed by atoms with Gasteiger partial charge in [-0.15, -0.1) is 0 Å². The molecule has 3 unspecified atom stereocenters. The lowest BCUT2D eigenvalue weighted by atomic mass is 9.71. The van der Waals surface area contributed by atoms with E-state index < -0.39 is 0 Å². The molecule has 1 aromatic carbocycles. The van der Waals surface area contributed by atoms with Gasteiger partial charge in [0.05, 0.1) is 0 Å². The average Bonchev–Trinajstić information content (AvgIpc) is 2.42. The van der Waals surface area contributed by atoms with Crippen molar-refractivity contribution in [3.63, 3.8) is 0 Å². The van der Waals surface area contributed by atoms with Crippen LogP contribution in [0.15, 0.2) is 18.2 Å². The standard InChI is InChI=1S/C19H29NO/c1-3-5-17-13(2)19(20-12-14-6-4-7-14)10-15-8-9-16(21)11-18(15)17/h8-9,11,13-14,17,19-21H,3-7,10,12H2,1-2H3. The van der Waals surface area contributed by atoms with Crippen molar-refractivity contribution in [2.75, 3.05) is 6.54 Å². The van der Waals surface area contributed by atoms with Gasteiger partial charge in [-0.05, 0) is 73.2 Å². The number of rotatable bonds is 5. The van der Waals surface area contributed by atoms with Crippen LogP contribution in [0.2, 0.25) is 0 Å². The van der Waals surface area contributed by atoms with E-state index in [4.69, 9.17) is 0 Å². The summed E-state index contributed by atoms with van der Waals surface area (Å²) in [6, 6.07) is 6.59. The molecule has 0 saturated heterocycles. The highest BCUT2D eigenvalue weighted by Crippen LogP contribution is 2.40. The molecule has 2 aliphatic rings. The molecule has 1 saturated carbocycles. The van der Waals surface area contributed by atoms with Crippen molar-refractivity contribution in [3.8, 4) is 5.75 Å². The molecule has 0 spiro atoms. The van der Waals surface area contributed by atoms with Crippen LogP contribution in [0.25, 0.3) is 0 Å². The van der Waals surface area contributed by atoms with Gasteiger partial charge in [-0.3, -0.25) is 0 Å². The highest BCUT2D eigenvalue weighted by Gasteiger charge is 2.33. The Morgan fingerprint density at radius 3 is 2.76 bits per heavy atom.